The fourth-order valence-corrected chi connectivity index (χ4v) is 3.69. The highest BCUT2D eigenvalue weighted by Gasteiger charge is 2.30. The van der Waals surface area contributed by atoms with Gasteiger partial charge in [-0.1, -0.05) is 26.3 Å². The van der Waals surface area contributed by atoms with Gasteiger partial charge in [0.1, 0.15) is 0 Å². The summed E-state index contributed by atoms with van der Waals surface area (Å²) in [6, 6.07) is 0. The van der Waals surface area contributed by atoms with Crippen LogP contribution in [0.15, 0.2) is 11.6 Å². The number of ether oxygens (including phenoxy) is 1. The van der Waals surface area contributed by atoms with Crippen molar-refractivity contribution in [2.24, 2.45) is 5.92 Å². The molecule has 0 aromatic carbocycles. The predicted octanol–water partition coefficient (Wildman–Crippen LogP) is 3.05. The molecular formula is C20H34N2O3. The van der Waals surface area contributed by atoms with Gasteiger partial charge in [-0.05, 0) is 44.9 Å². The zero-order chi connectivity index (χ0) is 18.1. The molecule has 5 heteroatoms. The summed E-state index contributed by atoms with van der Waals surface area (Å²) in [6.07, 6.45) is 10.4. The molecule has 0 spiro atoms. The maximum atomic E-state index is 12.8. The van der Waals surface area contributed by atoms with Crippen molar-refractivity contribution in [3.8, 4) is 0 Å². The predicted molar refractivity (Wildman–Crippen MR) is 99.2 cm³/mol. The van der Waals surface area contributed by atoms with Crippen molar-refractivity contribution in [2.45, 2.75) is 71.3 Å². The van der Waals surface area contributed by atoms with Crippen molar-refractivity contribution in [3.63, 3.8) is 0 Å². The van der Waals surface area contributed by atoms with Crippen LogP contribution in [0.1, 0.15) is 65.2 Å². The van der Waals surface area contributed by atoms with Gasteiger partial charge < -0.3 is 15.0 Å². The maximum absolute atomic E-state index is 12.8. The number of carbonyl (C=O) groups is 2. The van der Waals surface area contributed by atoms with Gasteiger partial charge >= 0.3 is 0 Å². The number of hydrogen-bond acceptors (Lipinski definition) is 3. The van der Waals surface area contributed by atoms with Crippen molar-refractivity contribution < 1.29 is 14.3 Å². The summed E-state index contributed by atoms with van der Waals surface area (Å²) in [7, 11) is 0. The number of amides is 2. The number of hydrogen-bond donors (Lipinski definition) is 1. The van der Waals surface area contributed by atoms with Crippen LogP contribution >= 0.6 is 0 Å². The van der Waals surface area contributed by atoms with E-state index in [1.165, 1.54) is 12.8 Å². The molecule has 1 N–H and O–H groups in total. The molecule has 2 rings (SSSR count). The lowest BCUT2D eigenvalue weighted by Gasteiger charge is -2.28. The summed E-state index contributed by atoms with van der Waals surface area (Å²) in [5.41, 5.74) is 0.915. The second kappa shape index (κ2) is 10.6. The fraction of sp³-hybridized carbons (Fsp3) is 0.800. The minimum absolute atomic E-state index is 0.0398. The minimum atomic E-state index is -0.102. The number of nitrogens with one attached hydrogen (secondary N) is 1. The van der Waals surface area contributed by atoms with Crippen LogP contribution < -0.4 is 5.32 Å². The third kappa shape index (κ3) is 6.14. The molecule has 0 aromatic rings. The molecule has 0 aromatic heterocycles. The van der Waals surface area contributed by atoms with Gasteiger partial charge in [-0.15, -0.1) is 0 Å². The molecule has 25 heavy (non-hydrogen) atoms. The molecule has 1 aliphatic heterocycles. The Bertz CT molecular complexity index is 470. The first kappa shape index (κ1) is 20.0. The van der Waals surface area contributed by atoms with Crippen LogP contribution in [-0.4, -0.2) is 49.1 Å². The van der Waals surface area contributed by atoms with Crippen LogP contribution in [0.5, 0.6) is 0 Å². The highest BCUT2D eigenvalue weighted by Crippen LogP contribution is 2.22. The van der Waals surface area contributed by atoms with Gasteiger partial charge in [-0.25, -0.2) is 0 Å². The van der Waals surface area contributed by atoms with Gasteiger partial charge in [0.25, 0.3) is 0 Å². The molecule has 0 saturated carbocycles. The van der Waals surface area contributed by atoms with E-state index in [-0.39, 0.29) is 23.8 Å². The Morgan fingerprint density at radius 2 is 2.12 bits per heavy atom. The molecule has 142 valence electrons. The first-order chi connectivity index (χ1) is 12.1. The van der Waals surface area contributed by atoms with Crippen molar-refractivity contribution in [2.75, 3.05) is 26.2 Å². The molecule has 0 radical (unpaired) electrons. The Morgan fingerprint density at radius 1 is 1.28 bits per heavy atom. The van der Waals surface area contributed by atoms with Crippen molar-refractivity contribution >= 4 is 11.8 Å². The molecule has 1 saturated heterocycles. The van der Waals surface area contributed by atoms with Gasteiger partial charge in [0, 0.05) is 31.8 Å². The number of allylic oxidation sites excluding steroid dienone is 1. The molecule has 2 aliphatic rings. The van der Waals surface area contributed by atoms with Crippen molar-refractivity contribution in [1.29, 1.82) is 0 Å². The molecule has 2 amide bonds. The van der Waals surface area contributed by atoms with E-state index in [1.54, 1.807) is 0 Å². The lowest BCUT2D eigenvalue weighted by molar-refractivity contribution is -0.139. The average molecular weight is 351 g/mol. The average Bonchev–Trinajstić information content (AvgIpc) is 3.01. The molecule has 2 atom stereocenters. The van der Waals surface area contributed by atoms with Gasteiger partial charge in [0.15, 0.2) is 0 Å². The number of carbonyl (C=O) groups excluding carboxylic acids is 2. The van der Waals surface area contributed by atoms with E-state index in [4.69, 9.17) is 4.74 Å². The molecular weight excluding hydrogens is 316 g/mol. The maximum Gasteiger partial charge on any atom is 0.246 e. The third-order valence-corrected chi connectivity index (χ3v) is 5.22. The lowest BCUT2D eigenvalue weighted by Crippen LogP contribution is -2.44. The van der Waals surface area contributed by atoms with E-state index in [0.717, 1.165) is 57.2 Å². The van der Waals surface area contributed by atoms with Crippen molar-refractivity contribution in [3.05, 3.63) is 11.6 Å². The Balaban J connectivity index is 1.80. The molecule has 5 nitrogen and oxygen atoms in total. The highest BCUT2D eigenvalue weighted by atomic mass is 16.5. The summed E-state index contributed by atoms with van der Waals surface area (Å²) in [4.78, 5) is 26.9. The van der Waals surface area contributed by atoms with E-state index in [1.807, 2.05) is 11.8 Å². The first-order valence-electron chi connectivity index (χ1n) is 10.0. The first-order valence-corrected chi connectivity index (χ1v) is 10.0. The quantitative estimate of drug-likeness (QED) is 0.732. The second-order valence-corrected chi connectivity index (χ2v) is 7.25. The standard InChI is InChI=1S/C20H34N2O3/c1-3-13-22(20(24)16(2)18-11-8-15-25-18)14-12-21-19(23)17-9-6-4-5-7-10-17/h9,16,18H,3-8,10-15H2,1-2H3,(H,21,23). The SMILES string of the molecule is CCCN(CCNC(=O)C1=CCCCCC1)C(=O)C(C)C1CCCO1. The lowest BCUT2D eigenvalue weighted by atomic mass is 10.0. The Labute approximate surface area is 152 Å². The molecule has 0 bridgehead atoms. The molecule has 1 heterocycles. The number of nitrogens with zero attached hydrogens (tertiary/aromatic N) is 1. The van der Waals surface area contributed by atoms with Crippen LogP contribution in [-0.2, 0) is 14.3 Å². The smallest absolute Gasteiger partial charge is 0.246 e. The van der Waals surface area contributed by atoms with Gasteiger partial charge in [0.05, 0.1) is 12.0 Å². The Kier molecular flexibility index (Phi) is 8.45. The normalized spacial score (nSPS) is 22.0. The highest BCUT2D eigenvalue weighted by molar-refractivity contribution is 5.93. The van der Waals surface area contributed by atoms with Gasteiger partial charge in [-0.2, -0.15) is 0 Å². The van der Waals surface area contributed by atoms with E-state index in [2.05, 4.69) is 18.3 Å². The van der Waals surface area contributed by atoms with Gasteiger partial charge in [0.2, 0.25) is 11.8 Å². The zero-order valence-corrected chi connectivity index (χ0v) is 15.9. The molecule has 2 unspecified atom stereocenters. The minimum Gasteiger partial charge on any atom is -0.377 e. The summed E-state index contributed by atoms with van der Waals surface area (Å²) in [5.74, 6) is 0.0870. The summed E-state index contributed by atoms with van der Waals surface area (Å²) in [6.45, 7) is 6.63. The Hall–Kier alpha value is -1.36. The van der Waals surface area contributed by atoms with Gasteiger partial charge in [-0.3, -0.25) is 9.59 Å². The van der Waals surface area contributed by atoms with Crippen LogP contribution in [0, 0.1) is 5.92 Å². The molecule has 1 aliphatic carbocycles. The zero-order valence-electron chi connectivity index (χ0n) is 15.9. The largest absolute Gasteiger partial charge is 0.377 e. The van der Waals surface area contributed by atoms with E-state index in [0.29, 0.717) is 13.1 Å². The summed E-state index contributed by atoms with van der Waals surface area (Å²) >= 11 is 0. The Morgan fingerprint density at radius 3 is 2.84 bits per heavy atom. The van der Waals surface area contributed by atoms with Crippen LogP contribution in [0.25, 0.3) is 0 Å². The fourth-order valence-electron chi connectivity index (χ4n) is 3.69. The molecule has 1 fully saturated rings. The third-order valence-electron chi connectivity index (χ3n) is 5.22. The monoisotopic (exact) mass is 350 g/mol. The van der Waals surface area contributed by atoms with Crippen molar-refractivity contribution in [1.82, 2.24) is 10.2 Å². The summed E-state index contributed by atoms with van der Waals surface area (Å²) in [5, 5.41) is 3.00. The van der Waals surface area contributed by atoms with E-state index < -0.39 is 0 Å². The topological polar surface area (TPSA) is 58.6 Å². The summed E-state index contributed by atoms with van der Waals surface area (Å²) < 4.78 is 5.67. The van der Waals surface area contributed by atoms with E-state index >= 15 is 0 Å². The second-order valence-electron chi connectivity index (χ2n) is 7.25. The number of rotatable bonds is 8. The van der Waals surface area contributed by atoms with E-state index in [9.17, 15) is 9.59 Å². The van der Waals surface area contributed by atoms with Crippen LogP contribution in [0.4, 0.5) is 0 Å². The van der Waals surface area contributed by atoms with Crippen LogP contribution in [0.2, 0.25) is 0 Å². The van der Waals surface area contributed by atoms with Crippen LogP contribution in [0.3, 0.4) is 0 Å².